The molecule has 2 amide bonds. The van der Waals surface area contributed by atoms with E-state index < -0.39 is 0 Å². The Labute approximate surface area is 148 Å². The van der Waals surface area contributed by atoms with Crippen molar-refractivity contribution in [2.75, 3.05) is 37.0 Å². The summed E-state index contributed by atoms with van der Waals surface area (Å²) in [5.74, 6) is 1.39. The van der Waals surface area contributed by atoms with E-state index in [1.807, 2.05) is 12.1 Å². The fraction of sp³-hybridized carbons (Fsp3) is 0.529. The zero-order valence-corrected chi connectivity index (χ0v) is 14.7. The molecule has 1 aromatic carbocycles. The van der Waals surface area contributed by atoms with Crippen molar-refractivity contribution in [2.45, 2.75) is 25.7 Å². The number of ether oxygens (including phenoxy) is 1. The van der Waals surface area contributed by atoms with Crippen LogP contribution in [-0.4, -0.2) is 38.6 Å². The number of benzene rings is 1. The normalized spacial score (nSPS) is 16.7. The van der Waals surface area contributed by atoms with Gasteiger partial charge in [0.15, 0.2) is 0 Å². The molecule has 6 nitrogen and oxygen atoms in total. The van der Waals surface area contributed by atoms with Gasteiger partial charge in [-0.05, 0) is 43.9 Å². The summed E-state index contributed by atoms with van der Waals surface area (Å²) < 4.78 is 5.39. The third kappa shape index (κ3) is 4.61. The maximum absolute atomic E-state index is 11.9. The van der Waals surface area contributed by atoms with Gasteiger partial charge in [-0.2, -0.15) is 0 Å². The summed E-state index contributed by atoms with van der Waals surface area (Å²) in [7, 11) is 1.57. The zero-order chi connectivity index (χ0) is 16.2. The molecular formula is C17H24ClN3O3. The van der Waals surface area contributed by atoms with Crippen molar-refractivity contribution < 1.29 is 14.3 Å². The van der Waals surface area contributed by atoms with Crippen LogP contribution in [0.4, 0.5) is 11.4 Å². The Kier molecular flexibility index (Phi) is 6.45. The molecule has 24 heavy (non-hydrogen) atoms. The number of anilines is 2. The fourth-order valence-corrected chi connectivity index (χ4v) is 2.80. The highest BCUT2D eigenvalue weighted by Gasteiger charge is 2.24. The number of hydrogen-bond donors (Lipinski definition) is 2. The smallest absolute Gasteiger partial charge is 0.238 e. The molecular weight excluding hydrogens is 330 g/mol. The number of methoxy groups -OCH3 is 1. The first-order valence-corrected chi connectivity index (χ1v) is 8.16. The standard InChI is InChI=1S/C17H23N3O3.ClH/c1-23-15-9-13(19-16(21)11-18-10-12-4-5-12)6-7-14(15)20-8-2-3-17(20)22;/h6-7,9,12,18H,2-5,8,10-11H2,1H3,(H,19,21);1H. The predicted molar refractivity (Wildman–Crippen MR) is 96.1 cm³/mol. The number of hydrogen-bond acceptors (Lipinski definition) is 4. The maximum atomic E-state index is 11.9. The first-order chi connectivity index (χ1) is 11.2. The molecule has 0 aromatic heterocycles. The van der Waals surface area contributed by atoms with Crippen molar-refractivity contribution in [3.05, 3.63) is 18.2 Å². The van der Waals surface area contributed by atoms with Gasteiger partial charge in [0, 0.05) is 24.7 Å². The number of rotatable bonds is 7. The van der Waals surface area contributed by atoms with Crippen LogP contribution in [0.5, 0.6) is 5.75 Å². The van der Waals surface area contributed by atoms with E-state index in [0.29, 0.717) is 30.9 Å². The number of amides is 2. The lowest BCUT2D eigenvalue weighted by molar-refractivity contribution is -0.117. The van der Waals surface area contributed by atoms with Gasteiger partial charge >= 0.3 is 0 Å². The molecule has 2 N–H and O–H groups in total. The first kappa shape index (κ1) is 18.5. The molecule has 1 aliphatic carbocycles. The van der Waals surface area contributed by atoms with E-state index >= 15 is 0 Å². The van der Waals surface area contributed by atoms with E-state index in [1.165, 1.54) is 12.8 Å². The van der Waals surface area contributed by atoms with Crippen LogP contribution in [-0.2, 0) is 9.59 Å². The summed E-state index contributed by atoms with van der Waals surface area (Å²) in [4.78, 5) is 25.5. The second-order valence-electron chi connectivity index (χ2n) is 6.16. The molecule has 2 fully saturated rings. The van der Waals surface area contributed by atoms with Crippen LogP contribution in [0.25, 0.3) is 0 Å². The second kappa shape index (κ2) is 8.35. The lowest BCUT2D eigenvalue weighted by Crippen LogP contribution is -2.29. The summed E-state index contributed by atoms with van der Waals surface area (Å²) in [5.41, 5.74) is 1.44. The minimum absolute atomic E-state index is 0. The average molecular weight is 354 g/mol. The minimum atomic E-state index is -0.0716. The topological polar surface area (TPSA) is 70.7 Å². The lowest BCUT2D eigenvalue weighted by atomic mass is 10.2. The van der Waals surface area contributed by atoms with E-state index in [-0.39, 0.29) is 24.2 Å². The highest BCUT2D eigenvalue weighted by Crippen LogP contribution is 2.33. The number of carbonyl (C=O) groups is 2. The van der Waals surface area contributed by atoms with E-state index in [2.05, 4.69) is 10.6 Å². The van der Waals surface area contributed by atoms with E-state index in [1.54, 1.807) is 18.1 Å². The summed E-state index contributed by atoms with van der Waals surface area (Å²) in [6.07, 6.45) is 3.98. The third-order valence-electron chi connectivity index (χ3n) is 4.24. The molecule has 0 spiro atoms. The molecule has 2 aliphatic rings. The van der Waals surface area contributed by atoms with Gasteiger partial charge in [-0.1, -0.05) is 0 Å². The van der Waals surface area contributed by atoms with Crippen molar-refractivity contribution in [2.24, 2.45) is 5.92 Å². The SMILES string of the molecule is COc1cc(NC(=O)CNCC2CC2)ccc1N1CCCC1=O.Cl. The Morgan fingerprint density at radius 1 is 1.38 bits per heavy atom. The van der Waals surface area contributed by atoms with Crippen molar-refractivity contribution in [1.29, 1.82) is 0 Å². The molecule has 1 aliphatic heterocycles. The first-order valence-electron chi connectivity index (χ1n) is 8.16. The monoisotopic (exact) mass is 353 g/mol. The van der Waals surface area contributed by atoms with Crippen LogP contribution in [0.15, 0.2) is 18.2 Å². The molecule has 1 heterocycles. The molecule has 0 atom stereocenters. The molecule has 7 heteroatoms. The van der Waals surface area contributed by atoms with Gasteiger partial charge in [0.1, 0.15) is 5.75 Å². The van der Waals surface area contributed by atoms with Gasteiger partial charge in [0.25, 0.3) is 0 Å². The molecule has 1 aromatic rings. The van der Waals surface area contributed by atoms with Crippen LogP contribution < -0.4 is 20.3 Å². The highest BCUT2D eigenvalue weighted by molar-refractivity contribution is 5.98. The molecule has 1 saturated carbocycles. The van der Waals surface area contributed by atoms with Crippen molar-refractivity contribution >= 4 is 35.6 Å². The summed E-state index contributed by atoms with van der Waals surface area (Å²) >= 11 is 0. The average Bonchev–Trinajstić information content (AvgIpc) is 3.27. The van der Waals surface area contributed by atoms with Gasteiger partial charge in [0.2, 0.25) is 11.8 Å². The van der Waals surface area contributed by atoms with Gasteiger partial charge in [-0.25, -0.2) is 0 Å². The molecule has 3 rings (SSSR count). The van der Waals surface area contributed by atoms with Gasteiger partial charge in [-0.3, -0.25) is 9.59 Å². The van der Waals surface area contributed by atoms with Gasteiger partial charge in [0.05, 0.1) is 19.3 Å². The molecule has 132 valence electrons. The summed E-state index contributed by atoms with van der Waals surface area (Å²) in [5, 5.41) is 6.02. The summed E-state index contributed by atoms with van der Waals surface area (Å²) in [6.45, 7) is 1.93. The fourth-order valence-electron chi connectivity index (χ4n) is 2.80. The maximum Gasteiger partial charge on any atom is 0.238 e. The Bertz CT molecular complexity index is 605. The second-order valence-corrected chi connectivity index (χ2v) is 6.16. The van der Waals surface area contributed by atoms with Crippen LogP contribution >= 0.6 is 12.4 Å². The minimum Gasteiger partial charge on any atom is -0.494 e. The van der Waals surface area contributed by atoms with Gasteiger partial charge in [-0.15, -0.1) is 12.4 Å². The molecule has 0 bridgehead atoms. The number of carbonyl (C=O) groups excluding carboxylic acids is 2. The van der Waals surface area contributed by atoms with Gasteiger partial charge < -0.3 is 20.3 Å². The molecule has 0 radical (unpaired) electrons. The predicted octanol–water partition coefficient (Wildman–Crippen LogP) is 2.18. The third-order valence-corrected chi connectivity index (χ3v) is 4.24. The Balaban J connectivity index is 0.00000208. The van der Waals surface area contributed by atoms with Crippen LogP contribution in [0, 0.1) is 5.92 Å². The molecule has 1 saturated heterocycles. The molecule has 0 unspecified atom stereocenters. The van der Waals surface area contributed by atoms with E-state index in [9.17, 15) is 9.59 Å². The Morgan fingerprint density at radius 3 is 2.79 bits per heavy atom. The number of nitrogens with one attached hydrogen (secondary N) is 2. The van der Waals surface area contributed by atoms with Crippen molar-refractivity contribution in [3.63, 3.8) is 0 Å². The Hall–Kier alpha value is -1.79. The number of halogens is 1. The van der Waals surface area contributed by atoms with E-state index in [4.69, 9.17) is 4.74 Å². The van der Waals surface area contributed by atoms with Crippen LogP contribution in [0.2, 0.25) is 0 Å². The highest BCUT2D eigenvalue weighted by atomic mass is 35.5. The lowest BCUT2D eigenvalue weighted by Gasteiger charge is -2.19. The summed E-state index contributed by atoms with van der Waals surface area (Å²) in [6, 6.07) is 5.40. The zero-order valence-electron chi connectivity index (χ0n) is 13.8. The Morgan fingerprint density at radius 2 is 2.17 bits per heavy atom. The number of nitrogens with zero attached hydrogens (tertiary/aromatic N) is 1. The van der Waals surface area contributed by atoms with Crippen LogP contribution in [0.3, 0.4) is 0 Å². The van der Waals surface area contributed by atoms with E-state index in [0.717, 1.165) is 24.6 Å². The van der Waals surface area contributed by atoms with Crippen LogP contribution in [0.1, 0.15) is 25.7 Å². The largest absolute Gasteiger partial charge is 0.494 e. The van der Waals surface area contributed by atoms with Crippen molar-refractivity contribution in [1.82, 2.24) is 5.32 Å². The quantitative estimate of drug-likeness (QED) is 0.788. The van der Waals surface area contributed by atoms with Crippen molar-refractivity contribution in [3.8, 4) is 5.75 Å².